The molecule has 0 amide bonds. The van der Waals surface area contributed by atoms with Crippen LogP contribution in [0.15, 0.2) is 29.2 Å². The molecule has 0 radical (unpaired) electrons. The monoisotopic (exact) mass is 316 g/mol. The Morgan fingerprint density at radius 2 is 2.00 bits per heavy atom. The van der Waals surface area contributed by atoms with Crippen LogP contribution < -0.4 is 10.0 Å². The van der Waals surface area contributed by atoms with Gasteiger partial charge in [-0.2, -0.15) is 11.8 Å². The number of thioether (sulfide) groups is 1. The quantitative estimate of drug-likeness (QED) is 0.686. The fraction of sp³-hybridized carbons (Fsp3) is 0.571. The summed E-state index contributed by atoms with van der Waals surface area (Å²) < 4.78 is 27.4. The average Bonchev–Trinajstić information content (AvgIpc) is 2.45. The Morgan fingerprint density at radius 3 is 2.65 bits per heavy atom. The maximum atomic E-state index is 12.4. The molecule has 0 spiro atoms. The van der Waals surface area contributed by atoms with Gasteiger partial charge in [0.15, 0.2) is 0 Å². The highest BCUT2D eigenvalue weighted by Gasteiger charge is 2.18. The van der Waals surface area contributed by atoms with Gasteiger partial charge < -0.3 is 5.32 Å². The molecule has 0 saturated carbocycles. The average molecular weight is 316 g/mol. The number of rotatable bonds is 9. The highest BCUT2D eigenvalue weighted by molar-refractivity contribution is 7.99. The van der Waals surface area contributed by atoms with E-state index in [-0.39, 0.29) is 5.25 Å². The molecule has 0 saturated heterocycles. The van der Waals surface area contributed by atoms with Crippen LogP contribution in [0.3, 0.4) is 0 Å². The van der Waals surface area contributed by atoms with Crippen LogP contribution >= 0.6 is 11.8 Å². The minimum atomic E-state index is -3.44. The molecule has 1 atom stereocenters. The van der Waals surface area contributed by atoms with Gasteiger partial charge in [0.25, 0.3) is 0 Å². The van der Waals surface area contributed by atoms with Crippen molar-refractivity contribution in [3.8, 4) is 0 Å². The molecule has 1 rings (SSSR count). The van der Waals surface area contributed by atoms with Gasteiger partial charge in [-0.25, -0.2) is 13.1 Å². The Bertz CT molecular complexity index is 504. The van der Waals surface area contributed by atoms with Gasteiger partial charge in [-0.1, -0.05) is 32.0 Å². The predicted molar refractivity (Wildman–Crippen MR) is 86.6 cm³/mol. The number of benzene rings is 1. The molecule has 2 N–H and O–H groups in total. The van der Waals surface area contributed by atoms with Gasteiger partial charge in [0.2, 0.25) is 10.0 Å². The smallest absolute Gasteiger partial charge is 0.240 e. The molecule has 20 heavy (non-hydrogen) atoms. The van der Waals surface area contributed by atoms with E-state index in [1.807, 2.05) is 25.3 Å². The van der Waals surface area contributed by atoms with Crippen LogP contribution in [-0.4, -0.2) is 33.0 Å². The zero-order chi connectivity index (χ0) is 15.0. The Balaban J connectivity index is 2.82. The summed E-state index contributed by atoms with van der Waals surface area (Å²) in [7, 11) is -3.44. The van der Waals surface area contributed by atoms with Gasteiger partial charge in [-0.15, -0.1) is 0 Å². The first kappa shape index (κ1) is 17.5. The van der Waals surface area contributed by atoms with Crippen molar-refractivity contribution in [2.24, 2.45) is 0 Å². The van der Waals surface area contributed by atoms with Gasteiger partial charge in [0, 0.05) is 18.3 Å². The molecule has 1 unspecified atom stereocenters. The SMILES string of the molecule is CCCNCc1ccccc1S(=O)(=O)NCC(C)SC. The Kier molecular flexibility index (Phi) is 7.58. The molecule has 0 heterocycles. The third kappa shape index (κ3) is 5.44. The van der Waals surface area contributed by atoms with Crippen LogP contribution in [0, 0.1) is 0 Å². The molecule has 4 nitrogen and oxygen atoms in total. The largest absolute Gasteiger partial charge is 0.313 e. The molecule has 1 aromatic rings. The van der Waals surface area contributed by atoms with Crippen molar-refractivity contribution >= 4 is 21.8 Å². The second-order valence-corrected chi connectivity index (χ2v) is 7.69. The predicted octanol–water partition coefficient (Wildman–Crippen LogP) is 2.22. The minimum Gasteiger partial charge on any atom is -0.313 e. The van der Waals surface area contributed by atoms with E-state index in [4.69, 9.17) is 0 Å². The van der Waals surface area contributed by atoms with E-state index in [1.54, 1.807) is 23.9 Å². The van der Waals surface area contributed by atoms with Gasteiger partial charge >= 0.3 is 0 Å². The lowest BCUT2D eigenvalue weighted by atomic mass is 10.2. The highest BCUT2D eigenvalue weighted by atomic mass is 32.2. The lowest BCUT2D eigenvalue weighted by Crippen LogP contribution is -2.30. The summed E-state index contributed by atoms with van der Waals surface area (Å²) in [5, 5.41) is 3.50. The van der Waals surface area contributed by atoms with E-state index in [0.29, 0.717) is 18.0 Å². The van der Waals surface area contributed by atoms with E-state index in [1.165, 1.54) is 0 Å². The van der Waals surface area contributed by atoms with E-state index in [9.17, 15) is 8.42 Å². The number of nitrogens with one attached hydrogen (secondary N) is 2. The zero-order valence-electron chi connectivity index (χ0n) is 12.3. The van der Waals surface area contributed by atoms with Crippen LogP contribution in [0.1, 0.15) is 25.8 Å². The molecule has 114 valence electrons. The fourth-order valence-corrected chi connectivity index (χ4v) is 3.42. The van der Waals surface area contributed by atoms with Crippen molar-refractivity contribution in [3.05, 3.63) is 29.8 Å². The molecule has 0 aromatic heterocycles. The Hall–Kier alpha value is -0.560. The van der Waals surface area contributed by atoms with Gasteiger partial charge in [-0.3, -0.25) is 0 Å². The number of hydrogen-bond acceptors (Lipinski definition) is 4. The van der Waals surface area contributed by atoms with Crippen LogP contribution in [0.2, 0.25) is 0 Å². The van der Waals surface area contributed by atoms with E-state index in [0.717, 1.165) is 18.5 Å². The molecule has 0 aliphatic rings. The summed E-state index contributed by atoms with van der Waals surface area (Å²) in [6, 6.07) is 7.15. The topological polar surface area (TPSA) is 58.2 Å². The summed E-state index contributed by atoms with van der Waals surface area (Å²) >= 11 is 1.64. The first-order valence-electron chi connectivity index (χ1n) is 6.82. The molecule has 0 fully saturated rings. The number of hydrogen-bond donors (Lipinski definition) is 2. The first-order chi connectivity index (χ1) is 9.51. The zero-order valence-corrected chi connectivity index (χ0v) is 14.0. The van der Waals surface area contributed by atoms with Gasteiger partial charge in [-0.05, 0) is 30.9 Å². The van der Waals surface area contributed by atoms with Crippen molar-refractivity contribution in [2.45, 2.75) is 37.0 Å². The van der Waals surface area contributed by atoms with Crippen LogP contribution in [0.4, 0.5) is 0 Å². The minimum absolute atomic E-state index is 0.259. The van der Waals surface area contributed by atoms with Crippen molar-refractivity contribution in [1.82, 2.24) is 10.0 Å². The van der Waals surface area contributed by atoms with E-state index < -0.39 is 10.0 Å². The molecular formula is C14H24N2O2S2. The fourth-order valence-electron chi connectivity index (χ4n) is 1.70. The van der Waals surface area contributed by atoms with Gasteiger partial charge in [0.1, 0.15) is 0 Å². The molecule has 0 bridgehead atoms. The molecule has 6 heteroatoms. The molecule has 0 aliphatic heterocycles. The summed E-state index contributed by atoms with van der Waals surface area (Å²) in [6.45, 7) is 5.98. The van der Waals surface area contributed by atoms with E-state index in [2.05, 4.69) is 17.0 Å². The number of sulfonamides is 1. The van der Waals surface area contributed by atoms with Crippen molar-refractivity contribution < 1.29 is 8.42 Å². The molecular weight excluding hydrogens is 292 g/mol. The van der Waals surface area contributed by atoms with Crippen molar-refractivity contribution in [2.75, 3.05) is 19.3 Å². The summed E-state index contributed by atoms with van der Waals surface area (Å²) in [5.74, 6) is 0. The third-order valence-electron chi connectivity index (χ3n) is 2.97. The normalized spacial score (nSPS) is 13.3. The summed E-state index contributed by atoms with van der Waals surface area (Å²) in [6.07, 6.45) is 3.00. The second kappa shape index (κ2) is 8.67. The lowest BCUT2D eigenvalue weighted by Gasteiger charge is -2.14. The van der Waals surface area contributed by atoms with E-state index >= 15 is 0 Å². The summed E-state index contributed by atoms with van der Waals surface area (Å²) in [5.41, 5.74) is 0.810. The maximum Gasteiger partial charge on any atom is 0.240 e. The molecule has 1 aromatic carbocycles. The third-order valence-corrected chi connectivity index (χ3v) is 5.46. The molecule has 0 aliphatic carbocycles. The van der Waals surface area contributed by atoms with Gasteiger partial charge in [0.05, 0.1) is 4.90 Å². The summed E-state index contributed by atoms with van der Waals surface area (Å²) in [4.78, 5) is 0.372. The van der Waals surface area contributed by atoms with Crippen LogP contribution in [0.5, 0.6) is 0 Å². The highest BCUT2D eigenvalue weighted by Crippen LogP contribution is 2.15. The Labute approximate surface area is 126 Å². The van der Waals surface area contributed by atoms with Crippen LogP contribution in [0.25, 0.3) is 0 Å². The first-order valence-corrected chi connectivity index (χ1v) is 9.59. The van der Waals surface area contributed by atoms with Crippen LogP contribution in [-0.2, 0) is 16.6 Å². The lowest BCUT2D eigenvalue weighted by molar-refractivity contribution is 0.578. The van der Waals surface area contributed by atoms with Crippen molar-refractivity contribution in [3.63, 3.8) is 0 Å². The Morgan fingerprint density at radius 1 is 1.30 bits per heavy atom. The second-order valence-electron chi connectivity index (χ2n) is 4.68. The standard InChI is InChI=1S/C14H24N2O2S2/c1-4-9-15-11-13-7-5-6-8-14(13)20(17,18)16-10-12(2)19-3/h5-8,12,15-16H,4,9-11H2,1-3H3. The maximum absolute atomic E-state index is 12.4. The van der Waals surface area contributed by atoms with Crippen molar-refractivity contribution in [1.29, 1.82) is 0 Å².